The number of rotatable bonds is 5. The van der Waals surface area contributed by atoms with Gasteiger partial charge in [-0.15, -0.1) is 0 Å². The summed E-state index contributed by atoms with van der Waals surface area (Å²) in [5.41, 5.74) is 5.00. The third kappa shape index (κ3) is 4.34. The zero-order valence-corrected chi connectivity index (χ0v) is 21.7. The molecule has 8 heteroatoms. The second-order valence-corrected chi connectivity index (χ2v) is 10.2. The van der Waals surface area contributed by atoms with E-state index in [-0.39, 0.29) is 16.6 Å². The number of aromatic nitrogens is 2. The van der Waals surface area contributed by atoms with Gasteiger partial charge in [-0.2, -0.15) is 5.10 Å². The van der Waals surface area contributed by atoms with Gasteiger partial charge >= 0.3 is 0 Å². The second-order valence-electron chi connectivity index (χ2n) is 9.35. The predicted molar refractivity (Wildman–Crippen MR) is 143 cm³/mol. The Labute approximate surface area is 220 Å². The van der Waals surface area contributed by atoms with Gasteiger partial charge in [-0.25, -0.2) is 4.39 Å². The van der Waals surface area contributed by atoms with E-state index in [9.17, 15) is 5.11 Å². The summed E-state index contributed by atoms with van der Waals surface area (Å²) in [6.07, 6.45) is -1.24. The van der Waals surface area contributed by atoms with Crippen LogP contribution in [0.2, 0.25) is 10.0 Å². The summed E-state index contributed by atoms with van der Waals surface area (Å²) < 4.78 is 17.4. The van der Waals surface area contributed by atoms with E-state index in [1.807, 2.05) is 48.0 Å². The molecule has 0 aliphatic carbocycles. The molecule has 0 amide bonds. The van der Waals surface area contributed by atoms with Gasteiger partial charge in [-0.3, -0.25) is 4.68 Å². The van der Waals surface area contributed by atoms with Gasteiger partial charge in [0.2, 0.25) is 6.35 Å². The van der Waals surface area contributed by atoms with Gasteiger partial charge in [0, 0.05) is 16.3 Å². The minimum absolute atomic E-state index is 0.0130. The van der Waals surface area contributed by atoms with Gasteiger partial charge in [0.05, 0.1) is 23.3 Å². The van der Waals surface area contributed by atoms with Crippen molar-refractivity contribution in [2.75, 3.05) is 10.2 Å². The highest BCUT2D eigenvalue weighted by Crippen LogP contribution is 2.46. The van der Waals surface area contributed by atoms with Gasteiger partial charge in [0.25, 0.3) is 0 Å². The topological polar surface area (TPSA) is 53.3 Å². The molecule has 0 spiro atoms. The van der Waals surface area contributed by atoms with E-state index in [4.69, 9.17) is 28.3 Å². The molecule has 3 aromatic carbocycles. The zero-order chi connectivity index (χ0) is 25.6. The molecule has 1 aromatic heterocycles. The number of nitrogens with zero attached hydrogens (tertiary/aromatic N) is 3. The van der Waals surface area contributed by atoms with Crippen molar-refractivity contribution in [1.82, 2.24) is 9.78 Å². The first-order valence-electron chi connectivity index (χ1n) is 11.8. The zero-order valence-electron chi connectivity index (χ0n) is 20.2. The maximum Gasteiger partial charge on any atom is 0.207 e. The van der Waals surface area contributed by atoms with E-state index in [2.05, 4.69) is 31.3 Å². The second kappa shape index (κ2) is 9.77. The standard InChI is InChI=1S/C28H27Cl2FN4O/c1-16(2)25-23-26(20-13-12-19(29)14-17(20)3)35(22-11-7-10-21(30)24(22)31)28(36)32-27(23)33-34(25)15-18-8-5-4-6-9-18/h4-14,16,26,28,36H,15H2,1-3H3,(H,32,33). The normalized spacial score (nSPS) is 17.3. The highest BCUT2D eigenvalue weighted by atomic mass is 35.5. The molecule has 186 valence electrons. The molecule has 0 saturated heterocycles. The highest BCUT2D eigenvalue weighted by molar-refractivity contribution is 6.31. The Balaban J connectivity index is 1.76. The highest BCUT2D eigenvalue weighted by Gasteiger charge is 2.41. The summed E-state index contributed by atoms with van der Waals surface area (Å²) in [5, 5.41) is 19.9. The average molecular weight is 525 g/mol. The number of hydrogen-bond donors (Lipinski definition) is 2. The first-order valence-corrected chi connectivity index (χ1v) is 12.6. The van der Waals surface area contributed by atoms with Crippen LogP contribution in [-0.2, 0) is 6.54 Å². The van der Waals surface area contributed by atoms with Crippen molar-refractivity contribution in [3.05, 3.63) is 111 Å². The lowest BCUT2D eigenvalue weighted by Gasteiger charge is -2.42. The van der Waals surface area contributed by atoms with Crippen LogP contribution >= 0.6 is 23.2 Å². The Kier molecular flexibility index (Phi) is 6.68. The third-order valence-corrected chi connectivity index (χ3v) is 7.10. The van der Waals surface area contributed by atoms with Gasteiger partial charge < -0.3 is 15.3 Å². The van der Waals surface area contributed by atoms with E-state index >= 15 is 4.39 Å². The quantitative estimate of drug-likeness (QED) is 0.292. The molecule has 0 saturated carbocycles. The number of nitrogens with one attached hydrogen (secondary N) is 1. The molecule has 0 radical (unpaired) electrons. The number of halogens is 3. The molecule has 1 aliphatic rings. The van der Waals surface area contributed by atoms with Gasteiger partial charge in [-0.05, 0) is 53.8 Å². The van der Waals surface area contributed by atoms with Crippen LogP contribution in [0.15, 0.2) is 66.7 Å². The lowest BCUT2D eigenvalue weighted by Crippen LogP contribution is -2.48. The van der Waals surface area contributed by atoms with E-state index in [1.165, 1.54) is 6.07 Å². The van der Waals surface area contributed by atoms with E-state index < -0.39 is 18.2 Å². The maximum absolute atomic E-state index is 15.4. The Bertz CT molecular complexity index is 1410. The molecule has 2 atom stereocenters. The first-order chi connectivity index (χ1) is 17.3. The molecule has 4 aromatic rings. The molecule has 5 rings (SSSR count). The van der Waals surface area contributed by atoms with Crippen LogP contribution in [0, 0.1) is 12.7 Å². The monoisotopic (exact) mass is 524 g/mol. The van der Waals surface area contributed by atoms with Crippen molar-refractivity contribution in [3.8, 4) is 0 Å². The lowest BCUT2D eigenvalue weighted by atomic mass is 9.89. The average Bonchev–Trinajstić information content (AvgIpc) is 3.19. The number of fused-ring (bicyclic) bond motifs is 1. The summed E-state index contributed by atoms with van der Waals surface area (Å²) in [7, 11) is 0. The molecule has 0 fully saturated rings. The van der Waals surface area contributed by atoms with Crippen LogP contribution in [-0.4, -0.2) is 21.2 Å². The van der Waals surface area contributed by atoms with Crippen LogP contribution in [0.1, 0.15) is 53.8 Å². The molecular formula is C28H27Cl2FN4O. The van der Waals surface area contributed by atoms with Gasteiger partial charge in [0.1, 0.15) is 0 Å². The van der Waals surface area contributed by atoms with E-state index in [1.54, 1.807) is 17.0 Å². The molecule has 36 heavy (non-hydrogen) atoms. The molecule has 0 bridgehead atoms. The van der Waals surface area contributed by atoms with E-state index in [0.29, 0.717) is 17.4 Å². The smallest absolute Gasteiger partial charge is 0.207 e. The Hall–Kier alpha value is -3.06. The Morgan fingerprint density at radius 1 is 1.06 bits per heavy atom. The summed E-state index contributed by atoms with van der Waals surface area (Å²) in [5.74, 6) is 0.0752. The molecule has 2 heterocycles. The van der Waals surface area contributed by atoms with Crippen LogP contribution < -0.4 is 10.2 Å². The molecule has 2 N–H and O–H groups in total. The van der Waals surface area contributed by atoms with Crippen LogP contribution in [0.25, 0.3) is 0 Å². The minimum Gasteiger partial charge on any atom is -0.356 e. The molecule has 1 aliphatic heterocycles. The number of hydrogen-bond acceptors (Lipinski definition) is 4. The fourth-order valence-corrected chi connectivity index (χ4v) is 5.43. The first kappa shape index (κ1) is 24.6. The Morgan fingerprint density at radius 3 is 2.50 bits per heavy atom. The largest absolute Gasteiger partial charge is 0.356 e. The van der Waals surface area contributed by atoms with Crippen molar-refractivity contribution >= 4 is 34.7 Å². The summed E-state index contributed by atoms with van der Waals surface area (Å²) >= 11 is 12.5. The van der Waals surface area contributed by atoms with Crippen molar-refractivity contribution < 1.29 is 9.50 Å². The minimum atomic E-state index is -1.24. The molecular weight excluding hydrogens is 498 g/mol. The van der Waals surface area contributed by atoms with Crippen molar-refractivity contribution in [3.63, 3.8) is 0 Å². The van der Waals surface area contributed by atoms with Crippen LogP contribution in [0.4, 0.5) is 15.9 Å². The summed E-state index contributed by atoms with van der Waals surface area (Å²) in [6, 6.07) is 20.0. The van der Waals surface area contributed by atoms with Crippen molar-refractivity contribution in [1.29, 1.82) is 0 Å². The molecule has 2 unspecified atom stereocenters. The third-order valence-electron chi connectivity index (χ3n) is 6.57. The fourth-order valence-electron chi connectivity index (χ4n) is 5.04. The number of aliphatic hydroxyl groups excluding tert-OH is 1. The number of anilines is 2. The van der Waals surface area contributed by atoms with Gasteiger partial charge in [-0.1, -0.05) is 79.5 Å². The SMILES string of the molecule is Cc1cc(Cl)ccc1C1c2c(nn(Cc3ccccc3)c2C(C)C)NC(O)N1c1cccc(Cl)c1F. The van der Waals surface area contributed by atoms with Crippen molar-refractivity contribution in [2.45, 2.75) is 45.6 Å². The molecule has 5 nitrogen and oxygen atoms in total. The number of benzene rings is 3. The summed E-state index contributed by atoms with van der Waals surface area (Å²) in [4.78, 5) is 1.63. The van der Waals surface area contributed by atoms with Crippen LogP contribution in [0.3, 0.4) is 0 Å². The fraction of sp³-hybridized carbons (Fsp3) is 0.250. The lowest BCUT2D eigenvalue weighted by molar-refractivity contribution is 0.182. The maximum atomic E-state index is 15.4. The van der Waals surface area contributed by atoms with Gasteiger partial charge in [0.15, 0.2) is 11.6 Å². The summed E-state index contributed by atoms with van der Waals surface area (Å²) in [6.45, 7) is 6.75. The van der Waals surface area contributed by atoms with Crippen molar-refractivity contribution in [2.24, 2.45) is 0 Å². The number of aliphatic hydroxyl groups is 1. The van der Waals surface area contributed by atoms with Crippen LogP contribution in [0.5, 0.6) is 0 Å². The van der Waals surface area contributed by atoms with E-state index in [0.717, 1.165) is 27.9 Å². The number of aryl methyl sites for hydroxylation is 1. The Morgan fingerprint density at radius 2 is 1.81 bits per heavy atom. The predicted octanol–water partition coefficient (Wildman–Crippen LogP) is 7.11.